The summed E-state index contributed by atoms with van der Waals surface area (Å²) in [5.41, 5.74) is 0.870. The number of hydrogen-bond acceptors (Lipinski definition) is 4. The zero-order valence-electron chi connectivity index (χ0n) is 15.8. The minimum atomic E-state index is -3.72. The van der Waals surface area contributed by atoms with E-state index < -0.39 is 10.0 Å². The fourth-order valence-electron chi connectivity index (χ4n) is 2.62. The molecule has 1 rings (SSSR count). The second-order valence-corrected chi connectivity index (χ2v) is 7.82. The summed E-state index contributed by atoms with van der Waals surface area (Å²) in [7, 11) is -3.72. The van der Waals surface area contributed by atoms with E-state index in [4.69, 9.17) is 5.14 Å². The quantitative estimate of drug-likeness (QED) is 0.659. The van der Waals surface area contributed by atoms with Crippen LogP contribution < -0.4 is 5.14 Å². The number of nitrogens with two attached hydrogens (primary N) is 1. The van der Waals surface area contributed by atoms with Gasteiger partial charge in [-0.25, -0.2) is 13.6 Å². The van der Waals surface area contributed by atoms with Crippen LogP contribution in [0, 0.1) is 0 Å². The predicted molar refractivity (Wildman–Crippen MR) is 101 cm³/mol. The first-order chi connectivity index (χ1) is 12.2. The van der Waals surface area contributed by atoms with Crippen molar-refractivity contribution < 1.29 is 18.0 Å². The van der Waals surface area contributed by atoms with E-state index in [0.717, 1.165) is 18.4 Å². The molecule has 2 N–H and O–H groups in total. The number of rotatable bonds is 10. The Kier molecular flexibility index (Phi) is 8.74. The molecule has 0 saturated heterocycles. The van der Waals surface area contributed by atoms with Crippen LogP contribution in [0.4, 0.5) is 0 Å². The van der Waals surface area contributed by atoms with Crippen molar-refractivity contribution in [1.82, 2.24) is 9.80 Å². The summed E-state index contributed by atoms with van der Waals surface area (Å²) in [5, 5.41) is 5.08. The number of primary sulfonamides is 1. The highest BCUT2D eigenvalue weighted by Crippen LogP contribution is 2.10. The summed E-state index contributed by atoms with van der Waals surface area (Å²) in [6.45, 7) is 7.31. The summed E-state index contributed by atoms with van der Waals surface area (Å²) in [6, 6.07) is 6.22. The number of amides is 2. The van der Waals surface area contributed by atoms with Gasteiger partial charge in [0.2, 0.25) is 21.8 Å². The van der Waals surface area contributed by atoms with E-state index in [1.54, 1.807) is 17.0 Å². The van der Waals surface area contributed by atoms with E-state index in [0.29, 0.717) is 26.1 Å². The third-order valence-corrected chi connectivity index (χ3v) is 4.96. The Balaban J connectivity index is 2.71. The van der Waals surface area contributed by atoms with Gasteiger partial charge in [0, 0.05) is 26.6 Å². The molecule has 0 aliphatic heterocycles. The van der Waals surface area contributed by atoms with Crippen LogP contribution in [0.5, 0.6) is 0 Å². The Morgan fingerprint density at radius 3 is 1.92 bits per heavy atom. The Morgan fingerprint density at radius 1 is 0.962 bits per heavy atom. The summed E-state index contributed by atoms with van der Waals surface area (Å²) in [6.07, 6.45) is 2.28. The number of benzene rings is 1. The molecule has 0 unspecified atom stereocenters. The van der Waals surface area contributed by atoms with Gasteiger partial charge < -0.3 is 9.80 Å². The molecule has 0 aliphatic carbocycles. The van der Waals surface area contributed by atoms with Gasteiger partial charge in [-0.2, -0.15) is 0 Å². The molecule has 0 aliphatic rings. The highest BCUT2D eigenvalue weighted by Gasteiger charge is 2.18. The molecule has 0 bridgehead atoms. The van der Waals surface area contributed by atoms with Crippen molar-refractivity contribution in [1.29, 1.82) is 0 Å². The average molecular weight is 384 g/mol. The molecule has 0 heterocycles. The molecule has 26 heavy (non-hydrogen) atoms. The number of nitrogens with zero attached hydrogens (tertiary/aromatic N) is 2. The molecule has 0 spiro atoms. The summed E-state index contributed by atoms with van der Waals surface area (Å²) >= 11 is 0. The van der Waals surface area contributed by atoms with Gasteiger partial charge in [-0.3, -0.25) is 9.59 Å². The van der Waals surface area contributed by atoms with Crippen LogP contribution in [0.1, 0.15) is 39.2 Å². The van der Waals surface area contributed by atoms with Crippen molar-refractivity contribution in [3.8, 4) is 0 Å². The minimum Gasteiger partial charge on any atom is -0.341 e. The van der Waals surface area contributed by atoms with Crippen molar-refractivity contribution >= 4 is 21.8 Å². The lowest BCUT2D eigenvalue weighted by atomic mass is 10.1. The fraction of sp³-hybridized carbons (Fsp3) is 0.556. The number of sulfonamides is 1. The van der Waals surface area contributed by atoms with Gasteiger partial charge in [-0.05, 0) is 37.0 Å². The Labute approximate surface area is 156 Å². The predicted octanol–water partition coefficient (Wildman–Crippen LogP) is 1.37. The van der Waals surface area contributed by atoms with Crippen LogP contribution in [0.3, 0.4) is 0 Å². The van der Waals surface area contributed by atoms with E-state index in [1.165, 1.54) is 24.0 Å². The second-order valence-electron chi connectivity index (χ2n) is 6.26. The molecule has 0 radical (unpaired) electrons. The molecule has 0 saturated carbocycles. The Bertz CT molecular complexity index is 696. The first kappa shape index (κ1) is 22.1. The Hall–Kier alpha value is -1.93. The zero-order chi connectivity index (χ0) is 19.7. The number of carbonyl (C=O) groups excluding carboxylic acids is 2. The monoisotopic (exact) mass is 383 g/mol. The second kappa shape index (κ2) is 10.3. The minimum absolute atomic E-state index is 0.0477. The van der Waals surface area contributed by atoms with Gasteiger partial charge in [0.05, 0.1) is 11.4 Å². The molecule has 7 nitrogen and oxygen atoms in total. The normalized spacial score (nSPS) is 11.2. The van der Waals surface area contributed by atoms with Crippen LogP contribution in [0.15, 0.2) is 29.2 Å². The molecule has 1 aromatic rings. The van der Waals surface area contributed by atoms with Crippen LogP contribution in [0.2, 0.25) is 0 Å². The topological polar surface area (TPSA) is 101 Å². The van der Waals surface area contributed by atoms with Gasteiger partial charge in [0.15, 0.2) is 0 Å². The standard InChI is InChI=1S/C18H29N3O4S/c1-4-11-20(12-5-2)18(23)14-21(15(3)22)13-10-16-6-8-17(9-7-16)26(19,24)25/h6-9H,4-5,10-14H2,1-3H3,(H2,19,24,25). The van der Waals surface area contributed by atoms with Crippen molar-refractivity contribution in [2.75, 3.05) is 26.2 Å². The molecular formula is C18H29N3O4S. The van der Waals surface area contributed by atoms with E-state index in [9.17, 15) is 18.0 Å². The van der Waals surface area contributed by atoms with Gasteiger partial charge in [-0.1, -0.05) is 26.0 Å². The third kappa shape index (κ3) is 7.13. The lowest BCUT2D eigenvalue weighted by Gasteiger charge is -2.26. The zero-order valence-corrected chi connectivity index (χ0v) is 16.6. The van der Waals surface area contributed by atoms with E-state index >= 15 is 0 Å². The smallest absolute Gasteiger partial charge is 0.242 e. The molecule has 1 aromatic carbocycles. The first-order valence-corrected chi connectivity index (χ1v) is 10.4. The van der Waals surface area contributed by atoms with Crippen molar-refractivity contribution in [3.63, 3.8) is 0 Å². The third-order valence-electron chi connectivity index (χ3n) is 4.03. The molecule has 146 valence electrons. The molecule has 0 fully saturated rings. The maximum Gasteiger partial charge on any atom is 0.242 e. The SMILES string of the molecule is CCCN(CCC)C(=O)CN(CCc1ccc(S(N)(=O)=O)cc1)C(C)=O. The molecular weight excluding hydrogens is 354 g/mol. The van der Waals surface area contributed by atoms with Crippen LogP contribution in [-0.4, -0.2) is 56.2 Å². The number of hydrogen-bond donors (Lipinski definition) is 1. The molecule has 8 heteroatoms. The van der Waals surface area contributed by atoms with E-state index in [2.05, 4.69) is 0 Å². The first-order valence-electron chi connectivity index (χ1n) is 8.84. The maximum absolute atomic E-state index is 12.5. The van der Waals surface area contributed by atoms with E-state index in [-0.39, 0.29) is 23.3 Å². The fourth-order valence-corrected chi connectivity index (χ4v) is 3.14. The average Bonchev–Trinajstić information content (AvgIpc) is 2.57. The summed E-state index contributed by atoms with van der Waals surface area (Å²) < 4.78 is 22.5. The van der Waals surface area contributed by atoms with Gasteiger partial charge in [-0.15, -0.1) is 0 Å². The summed E-state index contributed by atoms with van der Waals surface area (Å²) in [5.74, 6) is -0.207. The van der Waals surface area contributed by atoms with Crippen molar-refractivity contribution in [2.45, 2.75) is 44.9 Å². The van der Waals surface area contributed by atoms with Gasteiger partial charge >= 0.3 is 0 Å². The summed E-state index contributed by atoms with van der Waals surface area (Å²) in [4.78, 5) is 27.7. The molecule has 2 amide bonds. The highest BCUT2D eigenvalue weighted by atomic mass is 32.2. The molecule has 0 aromatic heterocycles. The van der Waals surface area contributed by atoms with Crippen molar-refractivity contribution in [2.24, 2.45) is 5.14 Å². The largest absolute Gasteiger partial charge is 0.341 e. The van der Waals surface area contributed by atoms with Crippen LogP contribution >= 0.6 is 0 Å². The van der Waals surface area contributed by atoms with E-state index in [1.807, 2.05) is 13.8 Å². The lowest BCUT2D eigenvalue weighted by Crippen LogP contribution is -2.43. The molecule has 0 atom stereocenters. The Morgan fingerprint density at radius 2 is 1.50 bits per heavy atom. The highest BCUT2D eigenvalue weighted by molar-refractivity contribution is 7.89. The van der Waals surface area contributed by atoms with Crippen LogP contribution in [-0.2, 0) is 26.0 Å². The van der Waals surface area contributed by atoms with Gasteiger partial charge in [0.1, 0.15) is 0 Å². The van der Waals surface area contributed by atoms with Crippen molar-refractivity contribution in [3.05, 3.63) is 29.8 Å². The number of carbonyl (C=O) groups is 2. The van der Waals surface area contributed by atoms with Crippen LogP contribution in [0.25, 0.3) is 0 Å². The van der Waals surface area contributed by atoms with Gasteiger partial charge in [0.25, 0.3) is 0 Å². The lowest BCUT2D eigenvalue weighted by molar-refractivity contribution is -0.139. The maximum atomic E-state index is 12.5.